The molecule has 0 radical (unpaired) electrons. The van der Waals surface area contributed by atoms with Gasteiger partial charge in [0.25, 0.3) is 0 Å². The first-order chi connectivity index (χ1) is 13.9. The van der Waals surface area contributed by atoms with E-state index < -0.39 is 0 Å². The molecule has 1 aliphatic rings. The molecule has 0 unspecified atom stereocenters. The van der Waals surface area contributed by atoms with E-state index in [0.717, 1.165) is 10.4 Å². The summed E-state index contributed by atoms with van der Waals surface area (Å²) in [7, 11) is 0. The number of amides is 3. The summed E-state index contributed by atoms with van der Waals surface area (Å²) in [4.78, 5) is 42.2. The molecule has 0 bridgehead atoms. The van der Waals surface area contributed by atoms with Gasteiger partial charge in [0.2, 0.25) is 5.91 Å². The molecule has 2 aromatic rings. The summed E-state index contributed by atoms with van der Waals surface area (Å²) in [5.74, 6) is -0.212. The number of anilines is 1. The fourth-order valence-corrected chi connectivity index (χ4v) is 4.94. The molecule has 8 heteroatoms. The van der Waals surface area contributed by atoms with Gasteiger partial charge in [-0.1, -0.05) is 23.7 Å². The number of halogens is 1. The molecule has 3 amide bonds. The van der Waals surface area contributed by atoms with Gasteiger partial charge in [-0.25, -0.2) is 4.79 Å². The van der Waals surface area contributed by atoms with Gasteiger partial charge in [-0.3, -0.25) is 14.9 Å². The lowest BCUT2D eigenvalue weighted by atomic mass is 9.96. The lowest BCUT2D eigenvalue weighted by Crippen LogP contribution is -2.34. The molecule has 0 saturated heterocycles. The smallest absolute Gasteiger partial charge is 0.322 e. The highest BCUT2D eigenvalue weighted by Crippen LogP contribution is 2.39. The average molecular weight is 434 g/mol. The Labute approximate surface area is 179 Å². The fraction of sp³-hybridized carbons (Fsp3) is 0.381. The van der Waals surface area contributed by atoms with Crippen molar-refractivity contribution in [3.8, 4) is 0 Å². The molecule has 0 fully saturated rings. The molecule has 2 heterocycles. The van der Waals surface area contributed by atoms with E-state index in [1.54, 1.807) is 34.1 Å². The highest BCUT2D eigenvalue weighted by molar-refractivity contribution is 7.17. The quantitative estimate of drug-likeness (QED) is 0.710. The largest absolute Gasteiger partial charge is 0.337 e. The number of carbonyl (C=O) groups is 3. The maximum atomic E-state index is 13.4. The predicted molar refractivity (Wildman–Crippen MR) is 116 cm³/mol. The highest BCUT2D eigenvalue weighted by atomic mass is 35.5. The summed E-state index contributed by atoms with van der Waals surface area (Å²) in [6, 6.07) is 6.67. The zero-order valence-electron chi connectivity index (χ0n) is 16.8. The van der Waals surface area contributed by atoms with Gasteiger partial charge in [0.05, 0.1) is 17.1 Å². The summed E-state index contributed by atoms with van der Waals surface area (Å²) in [6.45, 7) is 7.48. The normalized spacial score (nSPS) is 13.0. The molecule has 0 spiro atoms. The van der Waals surface area contributed by atoms with E-state index in [-0.39, 0.29) is 17.7 Å². The molecule has 1 aromatic carbocycles. The van der Waals surface area contributed by atoms with Crippen molar-refractivity contribution in [3.05, 3.63) is 50.9 Å². The number of ketones is 1. The van der Waals surface area contributed by atoms with Crippen LogP contribution in [-0.4, -0.2) is 47.2 Å². The van der Waals surface area contributed by atoms with Gasteiger partial charge in [-0.05, 0) is 38.0 Å². The van der Waals surface area contributed by atoms with E-state index >= 15 is 0 Å². The first kappa shape index (κ1) is 21.3. The first-order valence-electron chi connectivity index (χ1n) is 9.62. The molecule has 0 aliphatic carbocycles. The van der Waals surface area contributed by atoms with Crippen molar-refractivity contribution in [3.63, 3.8) is 0 Å². The Hall–Kier alpha value is -2.38. The number of rotatable bonds is 5. The third kappa shape index (κ3) is 4.31. The van der Waals surface area contributed by atoms with Crippen molar-refractivity contribution >= 4 is 45.7 Å². The first-order valence-corrected chi connectivity index (χ1v) is 10.8. The Morgan fingerprint density at radius 1 is 1.21 bits per heavy atom. The molecule has 1 N–H and O–H groups in total. The van der Waals surface area contributed by atoms with Crippen LogP contribution in [-0.2, 0) is 17.8 Å². The number of benzene rings is 1. The van der Waals surface area contributed by atoms with Gasteiger partial charge >= 0.3 is 6.03 Å². The van der Waals surface area contributed by atoms with E-state index in [0.29, 0.717) is 53.8 Å². The van der Waals surface area contributed by atoms with Crippen molar-refractivity contribution in [2.24, 2.45) is 0 Å². The Balaban J connectivity index is 2.05. The second-order valence-electron chi connectivity index (χ2n) is 6.81. The number of urea groups is 1. The Bertz CT molecular complexity index is 953. The van der Waals surface area contributed by atoms with Crippen LogP contribution in [0.15, 0.2) is 24.3 Å². The van der Waals surface area contributed by atoms with E-state index in [2.05, 4.69) is 5.32 Å². The minimum absolute atomic E-state index is 0.00300. The van der Waals surface area contributed by atoms with Crippen LogP contribution in [0.2, 0.25) is 5.02 Å². The second-order valence-corrected chi connectivity index (χ2v) is 8.32. The van der Waals surface area contributed by atoms with Crippen LogP contribution in [0.25, 0.3) is 0 Å². The van der Waals surface area contributed by atoms with Crippen molar-refractivity contribution in [2.75, 3.05) is 25.0 Å². The van der Waals surface area contributed by atoms with Crippen LogP contribution >= 0.6 is 22.9 Å². The topological polar surface area (TPSA) is 69.7 Å². The second kappa shape index (κ2) is 8.97. The number of hydrogen-bond donors (Lipinski definition) is 1. The van der Waals surface area contributed by atoms with Gasteiger partial charge in [0.1, 0.15) is 5.00 Å². The SMILES string of the molecule is CCN(CC)C(=O)Nc1sc2c(c1C(=O)c1ccccc1Cl)CCN(C(C)=O)C2. The van der Waals surface area contributed by atoms with Crippen LogP contribution in [0.3, 0.4) is 0 Å². The Kier molecular flexibility index (Phi) is 6.59. The molecule has 0 saturated carbocycles. The lowest BCUT2D eigenvalue weighted by molar-refractivity contribution is -0.129. The number of fused-ring (bicyclic) bond motifs is 1. The number of nitrogens with one attached hydrogen (secondary N) is 1. The fourth-order valence-electron chi connectivity index (χ4n) is 3.47. The average Bonchev–Trinajstić information content (AvgIpc) is 3.05. The standard InChI is InChI=1S/C21H24ClN3O3S/c1-4-24(5-2)21(28)23-20-18(19(27)14-8-6-7-9-16(14)22)15-10-11-25(13(3)26)12-17(15)29-20/h6-9H,4-5,10-12H2,1-3H3,(H,23,28). The minimum atomic E-state index is -0.245. The Morgan fingerprint density at radius 3 is 2.52 bits per heavy atom. The van der Waals surface area contributed by atoms with Gasteiger partial charge in [0.15, 0.2) is 5.78 Å². The third-order valence-electron chi connectivity index (χ3n) is 5.12. The molecule has 1 aromatic heterocycles. The Morgan fingerprint density at radius 2 is 1.90 bits per heavy atom. The van der Waals surface area contributed by atoms with E-state index in [9.17, 15) is 14.4 Å². The molecule has 0 atom stereocenters. The molecule has 1 aliphatic heterocycles. The lowest BCUT2D eigenvalue weighted by Gasteiger charge is -2.26. The number of carbonyl (C=O) groups excluding carboxylic acids is 3. The third-order valence-corrected chi connectivity index (χ3v) is 6.58. The molecule has 29 heavy (non-hydrogen) atoms. The number of nitrogens with zero attached hydrogens (tertiary/aromatic N) is 2. The highest BCUT2D eigenvalue weighted by Gasteiger charge is 2.31. The van der Waals surface area contributed by atoms with Gasteiger partial charge in [0, 0.05) is 37.0 Å². The van der Waals surface area contributed by atoms with Gasteiger partial charge in [-0.2, -0.15) is 0 Å². The van der Waals surface area contributed by atoms with E-state index in [4.69, 9.17) is 11.6 Å². The van der Waals surface area contributed by atoms with Crippen molar-refractivity contribution < 1.29 is 14.4 Å². The zero-order valence-corrected chi connectivity index (χ0v) is 18.3. The zero-order chi connectivity index (χ0) is 21.1. The van der Waals surface area contributed by atoms with Crippen molar-refractivity contribution in [2.45, 2.75) is 33.7 Å². The molecule has 154 valence electrons. The predicted octanol–water partition coefficient (Wildman–Crippen LogP) is 4.41. The van der Waals surface area contributed by atoms with Crippen LogP contribution < -0.4 is 5.32 Å². The van der Waals surface area contributed by atoms with Crippen LogP contribution in [0.1, 0.15) is 47.1 Å². The number of thiophene rings is 1. The molecular formula is C21H24ClN3O3S. The number of hydrogen-bond acceptors (Lipinski definition) is 4. The van der Waals surface area contributed by atoms with Crippen LogP contribution in [0.5, 0.6) is 0 Å². The summed E-state index contributed by atoms with van der Waals surface area (Å²) >= 11 is 7.63. The van der Waals surface area contributed by atoms with Crippen LogP contribution in [0, 0.1) is 0 Å². The minimum Gasteiger partial charge on any atom is -0.337 e. The summed E-state index contributed by atoms with van der Waals surface area (Å²) in [5.41, 5.74) is 1.79. The molecule has 6 nitrogen and oxygen atoms in total. The van der Waals surface area contributed by atoms with E-state index in [1.807, 2.05) is 13.8 Å². The molecule has 3 rings (SSSR count). The van der Waals surface area contributed by atoms with E-state index in [1.165, 1.54) is 18.3 Å². The summed E-state index contributed by atoms with van der Waals surface area (Å²) in [5, 5.41) is 3.81. The molecular weight excluding hydrogens is 410 g/mol. The van der Waals surface area contributed by atoms with Crippen molar-refractivity contribution in [1.82, 2.24) is 9.80 Å². The maximum absolute atomic E-state index is 13.4. The van der Waals surface area contributed by atoms with Gasteiger partial charge < -0.3 is 9.80 Å². The summed E-state index contributed by atoms with van der Waals surface area (Å²) in [6.07, 6.45) is 0.568. The van der Waals surface area contributed by atoms with Gasteiger partial charge in [-0.15, -0.1) is 11.3 Å². The monoisotopic (exact) mass is 433 g/mol. The van der Waals surface area contributed by atoms with Crippen molar-refractivity contribution in [1.29, 1.82) is 0 Å². The maximum Gasteiger partial charge on any atom is 0.322 e. The van der Waals surface area contributed by atoms with Crippen LogP contribution in [0.4, 0.5) is 9.80 Å². The summed E-state index contributed by atoms with van der Waals surface area (Å²) < 4.78 is 0.